The summed E-state index contributed by atoms with van der Waals surface area (Å²) in [6.45, 7) is 4.09. The average Bonchev–Trinajstić information content (AvgIpc) is 3.39. The first-order chi connectivity index (χ1) is 15.1. The summed E-state index contributed by atoms with van der Waals surface area (Å²) in [4.78, 5) is 26.2. The number of hydrogen-bond donors (Lipinski definition) is 2. The van der Waals surface area contributed by atoms with Gasteiger partial charge < -0.3 is 19.7 Å². The van der Waals surface area contributed by atoms with Crippen LogP contribution in [0.3, 0.4) is 0 Å². The molecule has 0 saturated heterocycles. The van der Waals surface area contributed by atoms with Crippen LogP contribution in [0.4, 0.5) is 24.8 Å². The summed E-state index contributed by atoms with van der Waals surface area (Å²) >= 11 is 0. The first kappa shape index (κ1) is 21.3. The third kappa shape index (κ3) is 4.27. The minimum absolute atomic E-state index is 0.00857. The fraction of sp³-hybridized carbons (Fsp3) is 0.238. The zero-order chi connectivity index (χ0) is 23.0. The highest BCUT2D eigenvalue weighted by atomic mass is 19.4. The van der Waals surface area contributed by atoms with Crippen LogP contribution in [-0.2, 0) is 6.18 Å². The van der Waals surface area contributed by atoms with Crippen LogP contribution >= 0.6 is 0 Å². The average molecular weight is 444 g/mol. The molecule has 8 nitrogen and oxygen atoms in total. The van der Waals surface area contributed by atoms with Gasteiger partial charge in [0.05, 0.1) is 16.6 Å². The lowest BCUT2D eigenvalue weighted by molar-refractivity contribution is -0.137. The number of carbonyl (C=O) groups is 1. The number of carbonyl (C=O) groups excluding carboxylic acids is 1. The van der Waals surface area contributed by atoms with Crippen LogP contribution in [0.25, 0.3) is 22.4 Å². The van der Waals surface area contributed by atoms with Crippen molar-refractivity contribution in [2.24, 2.45) is 0 Å². The molecule has 0 aliphatic carbocycles. The molecule has 0 spiro atoms. The molecule has 0 unspecified atom stereocenters. The van der Waals surface area contributed by atoms with Gasteiger partial charge in [-0.05, 0) is 44.2 Å². The Bertz CT molecular complexity index is 1260. The van der Waals surface area contributed by atoms with E-state index in [1.54, 1.807) is 18.2 Å². The number of aromatic nitrogens is 4. The third-order valence-electron chi connectivity index (χ3n) is 4.93. The van der Waals surface area contributed by atoms with E-state index in [4.69, 9.17) is 4.52 Å². The van der Waals surface area contributed by atoms with Gasteiger partial charge in [-0.3, -0.25) is 4.79 Å². The molecule has 0 bridgehead atoms. The zero-order valence-corrected chi connectivity index (χ0v) is 17.4. The maximum absolute atomic E-state index is 12.7. The number of amides is 1. The predicted octanol–water partition coefficient (Wildman–Crippen LogP) is 4.73. The van der Waals surface area contributed by atoms with E-state index in [2.05, 4.69) is 25.4 Å². The second kappa shape index (κ2) is 7.98. The lowest BCUT2D eigenvalue weighted by Gasteiger charge is -2.19. The van der Waals surface area contributed by atoms with E-state index in [9.17, 15) is 18.0 Å². The Balaban J connectivity index is 1.50. The van der Waals surface area contributed by atoms with Crippen molar-refractivity contribution in [3.05, 3.63) is 53.9 Å². The van der Waals surface area contributed by atoms with Gasteiger partial charge in [-0.15, -0.1) is 0 Å². The number of alkyl halides is 3. The maximum atomic E-state index is 12.7. The van der Waals surface area contributed by atoms with Crippen molar-refractivity contribution in [3.8, 4) is 11.4 Å². The molecule has 0 aliphatic heterocycles. The highest BCUT2D eigenvalue weighted by molar-refractivity contribution is 6.02. The van der Waals surface area contributed by atoms with E-state index in [0.29, 0.717) is 17.2 Å². The highest BCUT2D eigenvalue weighted by Gasteiger charge is 2.30. The SMILES string of the molecule is CC(C)N(C)c1nc2ccc(NC(=O)c3nc(-c4ccc(C(F)(F)F)cc4)no3)cc2[nH]1. The van der Waals surface area contributed by atoms with Gasteiger partial charge in [-0.25, -0.2) is 4.98 Å². The summed E-state index contributed by atoms with van der Waals surface area (Å²) in [5.41, 5.74) is 1.47. The molecule has 0 aliphatic rings. The summed E-state index contributed by atoms with van der Waals surface area (Å²) in [5.74, 6) is -0.246. The number of halogens is 3. The van der Waals surface area contributed by atoms with Gasteiger partial charge in [0.15, 0.2) is 0 Å². The van der Waals surface area contributed by atoms with E-state index < -0.39 is 17.6 Å². The fourth-order valence-corrected chi connectivity index (χ4v) is 2.91. The molecule has 0 atom stereocenters. The van der Waals surface area contributed by atoms with Crippen LogP contribution in [0.5, 0.6) is 0 Å². The third-order valence-corrected chi connectivity index (χ3v) is 4.93. The lowest BCUT2D eigenvalue weighted by Crippen LogP contribution is -2.26. The van der Waals surface area contributed by atoms with E-state index in [1.807, 2.05) is 25.8 Å². The van der Waals surface area contributed by atoms with Crippen molar-refractivity contribution in [2.45, 2.75) is 26.1 Å². The summed E-state index contributed by atoms with van der Waals surface area (Å²) in [6.07, 6.45) is -4.44. The lowest BCUT2D eigenvalue weighted by atomic mass is 10.1. The van der Waals surface area contributed by atoms with Crippen LogP contribution in [0.15, 0.2) is 47.0 Å². The monoisotopic (exact) mass is 444 g/mol. The molecule has 32 heavy (non-hydrogen) atoms. The van der Waals surface area contributed by atoms with Crippen LogP contribution in [0.2, 0.25) is 0 Å². The first-order valence-corrected chi connectivity index (χ1v) is 9.67. The smallest absolute Gasteiger partial charge is 0.343 e. The number of anilines is 2. The maximum Gasteiger partial charge on any atom is 0.416 e. The second-order valence-corrected chi connectivity index (χ2v) is 7.45. The van der Waals surface area contributed by atoms with Gasteiger partial charge in [-0.2, -0.15) is 18.2 Å². The second-order valence-electron chi connectivity index (χ2n) is 7.45. The highest BCUT2D eigenvalue weighted by Crippen LogP contribution is 2.30. The summed E-state index contributed by atoms with van der Waals surface area (Å²) in [5, 5.41) is 6.34. The molecule has 0 saturated carbocycles. The van der Waals surface area contributed by atoms with Crippen molar-refractivity contribution < 1.29 is 22.5 Å². The van der Waals surface area contributed by atoms with E-state index in [-0.39, 0.29) is 17.8 Å². The molecular formula is C21H19F3N6O2. The van der Waals surface area contributed by atoms with Crippen molar-refractivity contribution in [2.75, 3.05) is 17.3 Å². The van der Waals surface area contributed by atoms with Gasteiger partial charge in [0.25, 0.3) is 0 Å². The number of benzene rings is 2. The number of nitrogens with one attached hydrogen (secondary N) is 2. The summed E-state index contributed by atoms with van der Waals surface area (Å²) < 4.78 is 43.1. The van der Waals surface area contributed by atoms with Gasteiger partial charge in [0, 0.05) is 24.3 Å². The zero-order valence-electron chi connectivity index (χ0n) is 17.4. The molecule has 0 fully saturated rings. The largest absolute Gasteiger partial charge is 0.416 e. The number of rotatable bonds is 5. The molecule has 2 heterocycles. The number of aromatic amines is 1. The Morgan fingerprint density at radius 3 is 2.50 bits per heavy atom. The molecule has 166 valence electrons. The van der Waals surface area contributed by atoms with Crippen molar-refractivity contribution in [1.29, 1.82) is 0 Å². The Kier molecular flexibility index (Phi) is 5.33. The quantitative estimate of drug-likeness (QED) is 0.462. The molecule has 11 heteroatoms. The first-order valence-electron chi connectivity index (χ1n) is 9.67. The van der Waals surface area contributed by atoms with Crippen LogP contribution in [0.1, 0.15) is 30.1 Å². The van der Waals surface area contributed by atoms with Gasteiger partial charge in [0.2, 0.25) is 11.8 Å². The molecule has 2 N–H and O–H groups in total. The van der Waals surface area contributed by atoms with Gasteiger partial charge in [-0.1, -0.05) is 17.3 Å². The number of hydrogen-bond acceptors (Lipinski definition) is 6. The van der Waals surface area contributed by atoms with E-state index >= 15 is 0 Å². The number of H-pyrrole nitrogens is 1. The van der Waals surface area contributed by atoms with E-state index in [0.717, 1.165) is 23.2 Å². The predicted molar refractivity (Wildman–Crippen MR) is 112 cm³/mol. The summed E-state index contributed by atoms with van der Waals surface area (Å²) in [7, 11) is 1.93. The van der Waals surface area contributed by atoms with E-state index in [1.165, 1.54) is 12.1 Å². The Labute approximate surface area is 180 Å². The fourth-order valence-electron chi connectivity index (χ4n) is 2.91. The van der Waals surface area contributed by atoms with Gasteiger partial charge in [0.1, 0.15) is 0 Å². The molecule has 1 amide bonds. The minimum atomic E-state index is -4.44. The molecule has 0 radical (unpaired) electrons. The van der Waals surface area contributed by atoms with Crippen molar-refractivity contribution in [1.82, 2.24) is 20.1 Å². The van der Waals surface area contributed by atoms with Crippen LogP contribution in [-0.4, -0.2) is 39.1 Å². The molecule has 4 rings (SSSR count). The summed E-state index contributed by atoms with van der Waals surface area (Å²) in [6, 6.07) is 9.69. The molecular weight excluding hydrogens is 425 g/mol. The van der Waals surface area contributed by atoms with Crippen LogP contribution in [0, 0.1) is 0 Å². The standard InChI is InChI=1S/C21H19F3N6O2/c1-11(2)30(3)20-26-15-9-8-14(10-16(15)27-20)25-18(31)19-28-17(29-32-19)12-4-6-13(7-5-12)21(22,23)24/h4-11H,1-3H3,(H,25,31)(H,26,27). The Morgan fingerprint density at radius 1 is 1.12 bits per heavy atom. The molecule has 2 aromatic carbocycles. The molecule has 2 aromatic heterocycles. The van der Waals surface area contributed by atoms with Crippen molar-refractivity contribution in [3.63, 3.8) is 0 Å². The number of imidazole rings is 1. The number of nitrogens with zero attached hydrogens (tertiary/aromatic N) is 4. The molecule has 4 aromatic rings. The Hall–Kier alpha value is -3.89. The minimum Gasteiger partial charge on any atom is -0.343 e. The van der Waals surface area contributed by atoms with Gasteiger partial charge >= 0.3 is 18.0 Å². The van der Waals surface area contributed by atoms with Crippen molar-refractivity contribution >= 4 is 28.6 Å². The normalized spacial score (nSPS) is 11.8. The topological polar surface area (TPSA) is 99.9 Å². The van der Waals surface area contributed by atoms with Crippen LogP contribution < -0.4 is 10.2 Å². The Morgan fingerprint density at radius 2 is 1.84 bits per heavy atom. The number of fused-ring (bicyclic) bond motifs is 1.